The molecule has 2 rings (SSSR count). The van der Waals surface area contributed by atoms with Gasteiger partial charge in [-0.3, -0.25) is 4.79 Å². The van der Waals surface area contributed by atoms with Crippen LogP contribution in [0.5, 0.6) is 0 Å². The lowest BCUT2D eigenvalue weighted by Crippen LogP contribution is -2.41. The van der Waals surface area contributed by atoms with Gasteiger partial charge in [0.05, 0.1) is 5.56 Å². The summed E-state index contributed by atoms with van der Waals surface area (Å²) in [6.07, 6.45) is 2.01. The fraction of sp³-hybridized carbons (Fsp3) is 0.333. The van der Waals surface area contributed by atoms with Gasteiger partial charge >= 0.3 is 5.97 Å². The highest BCUT2D eigenvalue weighted by atomic mass is 16.4. The molecule has 1 heterocycles. The number of para-hydroxylation sites is 1. The Labute approximate surface area is 117 Å². The normalized spacial score (nSPS) is 12.6. The summed E-state index contributed by atoms with van der Waals surface area (Å²) < 4.78 is 0. The highest BCUT2D eigenvalue weighted by Gasteiger charge is 2.22. The number of aliphatic carboxylic acids is 1. The van der Waals surface area contributed by atoms with Gasteiger partial charge < -0.3 is 15.4 Å². The number of aromatic amines is 1. The van der Waals surface area contributed by atoms with E-state index in [0.29, 0.717) is 12.0 Å². The van der Waals surface area contributed by atoms with Crippen LogP contribution in [-0.2, 0) is 4.79 Å². The molecule has 0 spiro atoms. The minimum atomic E-state index is -1.01. The van der Waals surface area contributed by atoms with E-state index in [4.69, 9.17) is 5.11 Å². The Morgan fingerprint density at radius 3 is 2.65 bits per heavy atom. The molecular weight excluding hydrogens is 256 g/mol. The first-order valence-corrected chi connectivity index (χ1v) is 6.59. The molecule has 5 heteroatoms. The predicted molar refractivity (Wildman–Crippen MR) is 76.6 cm³/mol. The van der Waals surface area contributed by atoms with Crippen LogP contribution in [0.15, 0.2) is 30.5 Å². The van der Waals surface area contributed by atoms with E-state index in [1.165, 1.54) is 0 Å². The van der Waals surface area contributed by atoms with Gasteiger partial charge in [0.1, 0.15) is 6.04 Å². The zero-order valence-electron chi connectivity index (χ0n) is 11.5. The summed E-state index contributed by atoms with van der Waals surface area (Å²) in [6, 6.07) is 6.55. The zero-order valence-corrected chi connectivity index (χ0v) is 11.5. The van der Waals surface area contributed by atoms with Crippen molar-refractivity contribution in [3.63, 3.8) is 0 Å². The van der Waals surface area contributed by atoms with E-state index >= 15 is 0 Å². The summed E-state index contributed by atoms with van der Waals surface area (Å²) in [5, 5.41) is 12.5. The Morgan fingerprint density at radius 1 is 1.30 bits per heavy atom. The van der Waals surface area contributed by atoms with Crippen molar-refractivity contribution in [2.45, 2.75) is 26.3 Å². The summed E-state index contributed by atoms with van der Waals surface area (Å²) in [4.78, 5) is 26.4. The van der Waals surface area contributed by atoms with Crippen molar-refractivity contribution in [3.05, 3.63) is 36.0 Å². The number of rotatable bonds is 5. The topological polar surface area (TPSA) is 82.2 Å². The van der Waals surface area contributed by atoms with E-state index < -0.39 is 12.0 Å². The molecule has 106 valence electrons. The first-order valence-electron chi connectivity index (χ1n) is 6.59. The number of carboxylic acids is 1. The first-order chi connectivity index (χ1) is 9.49. The first kappa shape index (κ1) is 14.1. The highest BCUT2D eigenvalue weighted by molar-refractivity contribution is 6.07. The van der Waals surface area contributed by atoms with E-state index in [1.807, 2.05) is 38.1 Å². The number of carbonyl (C=O) groups excluding carboxylic acids is 1. The maximum atomic E-state index is 12.2. The molecule has 0 aliphatic heterocycles. The molecule has 1 aromatic carbocycles. The molecular formula is C15H18N2O3. The second-order valence-corrected chi connectivity index (χ2v) is 5.24. The number of aromatic nitrogens is 1. The minimum Gasteiger partial charge on any atom is -0.480 e. The fourth-order valence-electron chi connectivity index (χ4n) is 2.19. The second-order valence-electron chi connectivity index (χ2n) is 5.24. The van der Waals surface area contributed by atoms with Crippen molar-refractivity contribution in [3.8, 4) is 0 Å². The molecule has 0 unspecified atom stereocenters. The van der Waals surface area contributed by atoms with E-state index in [-0.39, 0.29) is 11.8 Å². The number of carbonyl (C=O) groups is 2. The third kappa shape index (κ3) is 2.99. The molecule has 0 bridgehead atoms. The second kappa shape index (κ2) is 5.77. The van der Waals surface area contributed by atoms with Crippen LogP contribution in [0.2, 0.25) is 0 Å². The number of hydrogen-bond donors (Lipinski definition) is 3. The quantitative estimate of drug-likeness (QED) is 0.783. The molecule has 0 radical (unpaired) electrons. The Bertz CT molecular complexity index is 631. The summed E-state index contributed by atoms with van der Waals surface area (Å²) in [5.74, 6) is -1.18. The Balaban J connectivity index is 2.20. The van der Waals surface area contributed by atoms with Gasteiger partial charge in [-0.25, -0.2) is 4.79 Å². The average molecular weight is 274 g/mol. The molecule has 0 aliphatic carbocycles. The largest absolute Gasteiger partial charge is 0.480 e. The van der Waals surface area contributed by atoms with Crippen LogP contribution in [0, 0.1) is 5.92 Å². The third-order valence-corrected chi connectivity index (χ3v) is 3.14. The van der Waals surface area contributed by atoms with Crippen molar-refractivity contribution in [1.29, 1.82) is 0 Å². The van der Waals surface area contributed by atoms with Gasteiger partial charge in [-0.1, -0.05) is 32.0 Å². The summed E-state index contributed by atoms with van der Waals surface area (Å²) in [6.45, 7) is 3.85. The molecule has 0 saturated carbocycles. The maximum Gasteiger partial charge on any atom is 0.326 e. The summed E-state index contributed by atoms with van der Waals surface area (Å²) in [7, 11) is 0. The van der Waals surface area contributed by atoms with E-state index in [9.17, 15) is 9.59 Å². The molecule has 20 heavy (non-hydrogen) atoms. The van der Waals surface area contributed by atoms with Gasteiger partial charge in [-0.05, 0) is 18.4 Å². The van der Waals surface area contributed by atoms with E-state index in [0.717, 1.165) is 10.9 Å². The average Bonchev–Trinajstić information content (AvgIpc) is 2.81. The molecule has 0 fully saturated rings. The van der Waals surface area contributed by atoms with Gasteiger partial charge in [0.15, 0.2) is 0 Å². The van der Waals surface area contributed by atoms with Gasteiger partial charge in [-0.15, -0.1) is 0 Å². The highest BCUT2D eigenvalue weighted by Crippen LogP contribution is 2.18. The van der Waals surface area contributed by atoms with Crippen LogP contribution in [0.25, 0.3) is 10.9 Å². The van der Waals surface area contributed by atoms with Crippen molar-refractivity contribution >= 4 is 22.8 Å². The Morgan fingerprint density at radius 2 is 2.00 bits per heavy atom. The smallest absolute Gasteiger partial charge is 0.326 e. The minimum absolute atomic E-state index is 0.194. The molecule has 1 atom stereocenters. The third-order valence-electron chi connectivity index (χ3n) is 3.14. The predicted octanol–water partition coefficient (Wildman–Crippen LogP) is 2.40. The van der Waals surface area contributed by atoms with E-state index in [2.05, 4.69) is 10.3 Å². The number of amides is 1. The molecule has 0 aliphatic rings. The van der Waals surface area contributed by atoms with E-state index in [1.54, 1.807) is 6.20 Å². The van der Waals surface area contributed by atoms with Crippen molar-refractivity contribution in [2.75, 3.05) is 0 Å². The molecule has 3 N–H and O–H groups in total. The van der Waals surface area contributed by atoms with Crippen molar-refractivity contribution in [2.24, 2.45) is 5.92 Å². The lowest BCUT2D eigenvalue weighted by molar-refractivity contribution is -0.139. The van der Waals surface area contributed by atoms with Crippen LogP contribution < -0.4 is 5.32 Å². The van der Waals surface area contributed by atoms with Gasteiger partial charge in [0.2, 0.25) is 0 Å². The van der Waals surface area contributed by atoms with Crippen LogP contribution >= 0.6 is 0 Å². The molecule has 1 aromatic heterocycles. The van der Waals surface area contributed by atoms with Crippen molar-refractivity contribution < 1.29 is 14.7 Å². The van der Waals surface area contributed by atoms with Crippen LogP contribution in [0.3, 0.4) is 0 Å². The number of hydrogen-bond acceptors (Lipinski definition) is 2. The standard InChI is InChI=1S/C15H18N2O3/c1-9(2)7-13(15(19)20)17-14(18)11-8-16-12-6-4-3-5-10(11)12/h3-6,8-9,13,16H,7H2,1-2H3,(H,17,18)(H,19,20)/t13-/m0/s1. The van der Waals surface area contributed by atoms with Gasteiger partial charge in [0.25, 0.3) is 5.91 Å². The monoisotopic (exact) mass is 274 g/mol. The Kier molecular flexibility index (Phi) is 4.08. The van der Waals surface area contributed by atoms with Gasteiger partial charge in [-0.2, -0.15) is 0 Å². The number of benzene rings is 1. The summed E-state index contributed by atoms with van der Waals surface area (Å²) in [5.41, 5.74) is 1.32. The van der Waals surface area contributed by atoms with Crippen LogP contribution in [0.1, 0.15) is 30.6 Å². The molecule has 1 amide bonds. The maximum absolute atomic E-state index is 12.2. The number of nitrogens with one attached hydrogen (secondary N) is 2. The molecule has 5 nitrogen and oxygen atoms in total. The lowest BCUT2D eigenvalue weighted by atomic mass is 10.0. The SMILES string of the molecule is CC(C)C[C@H](NC(=O)c1c[nH]c2ccccc12)C(=O)O. The molecule has 0 saturated heterocycles. The van der Waals surface area contributed by atoms with Crippen LogP contribution in [0.4, 0.5) is 0 Å². The number of fused-ring (bicyclic) bond motifs is 1. The number of H-pyrrole nitrogens is 1. The summed E-state index contributed by atoms with van der Waals surface area (Å²) >= 11 is 0. The number of carboxylic acid groups (broad SMARTS) is 1. The Hall–Kier alpha value is -2.30. The van der Waals surface area contributed by atoms with Crippen molar-refractivity contribution in [1.82, 2.24) is 10.3 Å². The van der Waals surface area contributed by atoms with Crippen LogP contribution in [-0.4, -0.2) is 28.0 Å². The van der Waals surface area contributed by atoms with Gasteiger partial charge in [0, 0.05) is 17.1 Å². The molecule has 2 aromatic rings. The fourth-order valence-corrected chi connectivity index (χ4v) is 2.19. The zero-order chi connectivity index (χ0) is 14.7. The lowest BCUT2D eigenvalue weighted by Gasteiger charge is -2.16.